The van der Waals surface area contributed by atoms with Gasteiger partial charge in [0.25, 0.3) is 0 Å². The average molecular weight is 310 g/mol. The molecule has 0 spiro atoms. The molecule has 1 fully saturated rings. The summed E-state index contributed by atoms with van der Waals surface area (Å²) in [5.74, 6) is 0.417. The van der Waals surface area contributed by atoms with Crippen LogP contribution in [0.3, 0.4) is 0 Å². The van der Waals surface area contributed by atoms with Crippen molar-refractivity contribution in [2.75, 3.05) is 6.54 Å². The van der Waals surface area contributed by atoms with Crippen LogP contribution in [0.1, 0.15) is 44.7 Å². The van der Waals surface area contributed by atoms with E-state index in [1.165, 1.54) is 0 Å². The van der Waals surface area contributed by atoms with Crippen LogP contribution in [-0.4, -0.2) is 25.3 Å². The second kappa shape index (κ2) is 6.46. The van der Waals surface area contributed by atoms with E-state index in [9.17, 15) is 8.42 Å². The van der Waals surface area contributed by atoms with Crippen LogP contribution < -0.4 is 5.73 Å². The van der Waals surface area contributed by atoms with Crippen molar-refractivity contribution in [3.05, 3.63) is 29.3 Å². The molecule has 0 saturated carbocycles. The van der Waals surface area contributed by atoms with Gasteiger partial charge in [0.2, 0.25) is 10.0 Å². The quantitative estimate of drug-likeness (QED) is 0.929. The smallest absolute Gasteiger partial charge is 0.243 e. The molecule has 2 atom stereocenters. The summed E-state index contributed by atoms with van der Waals surface area (Å²) in [7, 11) is -3.42. The molecule has 0 aromatic heterocycles. The molecule has 0 aliphatic carbocycles. The molecule has 21 heavy (non-hydrogen) atoms. The highest BCUT2D eigenvalue weighted by Gasteiger charge is 2.33. The molecular formula is C16H26N2O2S. The van der Waals surface area contributed by atoms with E-state index < -0.39 is 10.0 Å². The van der Waals surface area contributed by atoms with Gasteiger partial charge in [0, 0.05) is 19.1 Å². The van der Waals surface area contributed by atoms with Crippen molar-refractivity contribution in [1.82, 2.24) is 4.31 Å². The molecule has 0 amide bonds. The van der Waals surface area contributed by atoms with Crippen molar-refractivity contribution < 1.29 is 8.42 Å². The van der Waals surface area contributed by atoms with Gasteiger partial charge < -0.3 is 5.73 Å². The zero-order valence-electron chi connectivity index (χ0n) is 13.2. The molecule has 4 nitrogen and oxygen atoms in total. The van der Waals surface area contributed by atoms with Crippen LogP contribution in [0.15, 0.2) is 23.1 Å². The van der Waals surface area contributed by atoms with E-state index in [1.54, 1.807) is 16.4 Å². The Kier molecular flexibility index (Phi) is 5.07. The molecule has 5 heteroatoms. The van der Waals surface area contributed by atoms with Gasteiger partial charge in [-0.25, -0.2) is 8.42 Å². The van der Waals surface area contributed by atoms with Gasteiger partial charge in [-0.15, -0.1) is 0 Å². The molecule has 1 aromatic carbocycles. The van der Waals surface area contributed by atoms with E-state index >= 15 is 0 Å². The second-order valence-electron chi connectivity index (χ2n) is 6.09. The summed E-state index contributed by atoms with van der Waals surface area (Å²) in [6.07, 6.45) is 2.89. The van der Waals surface area contributed by atoms with E-state index in [4.69, 9.17) is 5.73 Å². The average Bonchev–Trinajstić information content (AvgIpc) is 2.48. The van der Waals surface area contributed by atoms with Gasteiger partial charge >= 0.3 is 0 Å². The first-order valence-corrected chi connectivity index (χ1v) is 9.17. The fourth-order valence-corrected chi connectivity index (χ4v) is 4.85. The van der Waals surface area contributed by atoms with E-state index in [0.29, 0.717) is 23.9 Å². The molecule has 2 rings (SSSR count). The van der Waals surface area contributed by atoms with Crippen molar-refractivity contribution in [3.8, 4) is 0 Å². The van der Waals surface area contributed by atoms with Crippen molar-refractivity contribution in [3.63, 3.8) is 0 Å². The number of benzene rings is 1. The summed E-state index contributed by atoms with van der Waals surface area (Å²) in [4.78, 5) is 0.376. The normalized spacial score (nSPS) is 24.2. The molecule has 1 heterocycles. The third kappa shape index (κ3) is 3.30. The Hall–Kier alpha value is -0.910. The fraction of sp³-hybridized carbons (Fsp3) is 0.625. The summed E-state index contributed by atoms with van der Waals surface area (Å²) in [6.45, 7) is 7.14. The lowest BCUT2D eigenvalue weighted by Gasteiger charge is -2.35. The molecule has 1 aromatic rings. The minimum atomic E-state index is -3.42. The topological polar surface area (TPSA) is 63.4 Å². The second-order valence-corrected chi connectivity index (χ2v) is 7.99. The van der Waals surface area contributed by atoms with Gasteiger partial charge in [-0.1, -0.05) is 19.9 Å². The van der Waals surface area contributed by atoms with Crippen LogP contribution in [0.2, 0.25) is 0 Å². The maximum atomic E-state index is 12.9. The number of aryl methyl sites for hydroxylation is 1. The summed E-state index contributed by atoms with van der Waals surface area (Å²) in [5, 5.41) is 0. The Morgan fingerprint density at radius 2 is 1.95 bits per heavy atom. The number of hydrogen-bond donors (Lipinski definition) is 1. The van der Waals surface area contributed by atoms with Crippen LogP contribution in [0.25, 0.3) is 0 Å². The molecule has 1 aliphatic rings. The van der Waals surface area contributed by atoms with Crippen molar-refractivity contribution in [1.29, 1.82) is 0 Å². The molecule has 1 saturated heterocycles. The lowest BCUT2D eigenvalue weighted by Crippen LogP contribution is -2.44. The fourth-order valence-electron chi connectivity index (χ4n) is 3.02. The van der Waals surface area contributed by atoms with Crippen LogP contribution in [0, 0.1) is 5.92 Å². The molecule has 2 N–H and O–H groups in total. The largest absolute Gasteiger partial charge is 0.326 e. The van der Waals surface area contributed by atoms with Crippen molar-refractivity contribution in [2.45, 2.75) is 57.5 Å². The first kappa shape index (κ1) is 16.5. The number of sulfonamides is 1. The molecule has 1 aliphatic heterocycles. The molecule has 2 unspecified atom stereocenters. The van der Waals surface area contributed by atoms with E-state index in [-0.39, 0.29) is 6.04 Å². The third-order valence-corrected chi connectivity index (χ3v) is 6.42. The third-order valence-electron chi connectivity index (χ3n) is 4.45. The van der Waals surface area contributed by atoms with Gasteiger partial charge in [-0.3, -0.25) is 0 Å². The predicted octanol–water partition coefficient (Wildman–Crippen LogP) is 2.52. The van der Waals surface area contributed by atoms with Crippen LogP contribution in [0.5, 0.6) is 0 Å². The molecule has 0 bridgehead atoms. The number of piperidine rings is 1. The predicted molar refractivity (Wildman–Crippen MR) is 85.5 cm³/mol. The van der Waals surface area contributed by atoms with Crippen LogP contribution in [-0.2, 0) is 23.0 Å². The lowest BCUT2D eigenvalue weighted by molar-refractivity contribution is 0.218. The highest BCUT2D eigenvalue weighted by molar-refractivity contribution is 7.89. The highest BCUT2D eigenvalue weighted by Crippen LogP contribution is 2.28. The number of nitrogens with zero attached hydrogens (tertiary/aromatic N) is 1. The minimum absolute atomic E-state index is 0.0679. The van der Waals surface area contributed by atoms with Crippen molar-refractivity contribution >= 4 is 10.0 Å². The summed E-state index contributed by atoms with van der Waals surface area (Å²) >= 11 is 0. The highest BCUT2D eigenvalue weighted by atomic mass is 32.2. The van der Waals surface area contributed by atoms with Gasteiger partial charge in [0.05, 0.1) is 4.90 Å². The van der Waals surface area contributed by atoms with E-state index in [1.807, 2.05) is 13.0 Å². The van der Waals surface area contributed by atoms with Gasteiger partial charge in [-0.2, -0.15) is 4.31 Å². The Morgan fingerprint density at radius 3 is 2.57 bits per heavy atom. The zero-order chi connectivity index (χ0) is 15.6. The Labute approximate surface area is 128 Å². The first-order chi connectivity index (χ1) is 9.90. The van der Waals surface area contributed by atoms with Gasteiger partial charge in [0.15, 0.2) is 0 Å². The van der Waals surface area contributed by atoms with Crippen molar-refractivity contribution in [2.24, 2.45) is 11.7 Å². The zero-order valence-corrected chi connectivity index (χ0v) is 14.0. The van der Waals surface area contributed by atoms with E-state index in [2.05, 4.69) is 13.8 Å². The molecular weight excluding hydrogens is 284 g/mol. The number of rotatable bonds is 4. The summed E-state index contributed by atoms with van der Waals surface area (Å²) in [6, 6.07) is 5.44. The lowest BCUT2D eigenvalue weighted by atomic mass is 9.97. The SMILES string of the molecule is CCc1ccc(S(=O)(=O)N2CC(C)CCC2C)cc1CN. The van der Waals surface area contributed by atoms with Crippen LogP contribution in [0.4, 0.5) is 0 Å². The summed E-state index contributed by atoms with van der Waals surface area (Å²) in [5.41, 5.74) is 7.81. The van der Waals surface area contributed by atoms with Gasteiger partial charge in [-0.05, 0) is 55.4 Å². The number of hydrogen-bond acceptors (Lipinski definition) is 3. The molecule has 118 valence electrons. The summed E-state index contributed by atoms with van der Waals surface area (Å²) < 4.78 is 27.4. The standard InChI is InChI=1S/C16H26N2O2S/c1-4-14-7-8-16(9-15(14)10-17)21(19,20)18-11-12(2)5-6-13(18)3/h7-9,12-13H,4-6,10-11,17H2,1-3H3. The number of nitrogens with two attached hydrogens (primary N) is 1. The maximum absolute atomic E-state index is 12.9. The van der Waals surface area contributed by atoms with Crippen LogP contribution >= 0.6 is 0 Å². The monoisotopic (exact) mass is 310 g/mol. The Morgan fingerprint density at radius 1 is 1.24 bits per heavy atom. The van der Waals surface area contributed by atoms with E-state index in [0.717, 1.165) is 30.4 Å². The minimum Gasteiger partial charge on any atom is -0.326 e. The molecule has 0 radical (unpaired) electrons. The van der Waals surface area contributed by atoms with Gasteiger partial charge in [0.1, 0.15) is 0 Å². The maximum Gasteiger partial charge on any atom is 0.243 e. The Bertz CT molecular complexity index is 598. The Balaban J connectivity index is 2.39. The first-order valence-electron chi connectivity index (χ1n) is 7.73.